The van der Waals surface area contributed by atoms with Crippen LogP contribution in [0.5, 0.6) is 0 Å². The molecule has 4 heteroatoms. The van der Waals surface area contributed by atoms with Gasteiger partial charge >= 0.3 is 0 Å². The second kappa shape index (κ2) is 5.80. The normalized spacial score (nSPS) is 15.5. The van der Waals surface area contributed by atoms with Gasteiger partial charge in [-0.15, -0.1) is 0 Å². The van der Waals surface area contributed by atoms with Crippen LogP contribution >= 0.6 is 11.6 Å². The van der Waals surface area contributed by atoms with Gasteiger partial charge in [0.2, 0.25) is 0 Å². The molecule has 0 aliphatic heterocycles. The average Bonchev–Trinajstić information content (AvgIpc) is 3.09. The molecule has 0 saturated heterocycles. The third kappa shape index (κ3) is 3.66. The van der Waals surface area contributed by atoms with E-state index >= 15 is 0 Å². The first kappa shape index (κ1) is 12.8. The van der Waals surface area contributed by atoms with E-state index in [1.165, 1.54) is 12.8 Å². The molecule has 0 bridgehead atoms. The van der Waals surface area contributed by atoms with E-state index in [2.05, 4.69) is 4.90 Å². The van der Waals surface area contributed by atoms with Gasteiger partial charge < -0.3 is 5.73 Å². The quantitative estimate of drug-likeness (QED) is 0.848. The minimum absolute atomic E-state index is 0.196. The highest BCUT2D eigenvalue weighted by Gasteiger charge is 2.24. The third-order valence-electron chi connectivity index (χ3n) is 3.08. The lowest BCUT2D eigenvalue weighted by Gasteiger charge is -2.21. The van der Waals surface area contributed by atoms with Gasteiger partial charge in [-0.3, -0.25) is 4.90 Å². The van der Waals surface area contributed by atoms with E-state index in [-0.39, 0.29) is 10.8 Å². The van der Waals surface area contributed by atoms with Gasteiger partial charge in [0.25, 0.3) is 0 Å². The van der Waals surface area contributed by atoms with E-state index in [1.807, 2.05) is 0 Å². The summed E-state index contributed by atoms with van der Waals surface area (Å²) >= 11 is 5.77. The molecule has 2 nitrogen and oxygen atoms in total. The molecule has 0 spiro atoms. The SMILES string of the molecule is NCCN(Cc1cccc(Cl)c1F)CC1CC1. The first-order valence-corrected chi connectivity index (χ1v) is 6.44. The highest BCUT2D eigenvalue weighted by Crippen LogP contribution is 2.30. The van der Waals surface area contributed by atoms with Crippen LogP contribution < -0.4 is 5.73 Å². The molecule has 1 saturated carbocycles. The van der Waals surface area contributed by atoms with Crippen molar-refractivity contribution < 1.29 is 4.39 Å². The Bertz CT molecular complexity index is 380. The van der Waals surface area contributed by atoms with E-state index in [4.69, 9.17) is 17.3 Å². The van der Waals surface area contributed by atoms with Crippen LogP contribution in [0.4, 0.5) is 4.39 Å². The van der Waals surface area contributed by atoms with Crippen LogP contribution in [0, 0.1) is 11.7 Å². The van der Waals surface area contributed by atoms with Crippen molar-refractivity contribution in [3.05, 3.63) is 34.6 Å². The second-order valence-corrected chi connectivity index (χ2v) is 5.09. The topological polar surface area (TPSA) is 29.3 Å². The predicted octanol–water partition coefficient (Wildman–Crippen LogP) is 2.65. The zero-order valence-corrected chi connectivity index (χ0v) is 10.6. The number of halogens is 2. The Kier molecular flexibility index (Phi) is 4.37. The van der Waals surface area contributed by atoms with Gasteiger partial charge in [0.1, 0.15) is 5.82 Å². The predicted molar refractivity (Wildman–Crippen MR) is 68.5 cm³/mol. The molecule has 1 aliphatic carbocycles. The molecule has 1 aliphatic rings. The third-order valence-corrected chi connectivity index (χ3v) is 3.38. The zero-order chi connectivity index (χ0) is 12.3. The maximum Gasteiger partial charge on any atom is 0.146 e. The number of hydrogen-bond acceptors (Lipinski definition) is 2. The Balaban J connectivity index is 2.02. The van der Waals surface area contributed by atoms with Crippen LogP contribution in [-0.2, 0) is 6.54 Å². The maximum atomic E-state index is 13.8. The van der Waals surface area contributed by atoms with Gasteiger partial charge in [-0.25, -0.2) is 4.39 Å². The van der Waals surface area contributed by atoms with E-state index in [0.29, 0.717) is 18.7 Å². The Morgan fingerprint density at radius 1 is 1.41 bits per heavy atom. The maximum absolute atomic E-state index is 13.8. The van der Waals surface area contributed by atoms with Gasteiger partial charge in [0.15, 0.2) is 0 Å². The van der Waals surface area contributed by atoms with Crippen molar-refractivity contribution in [2.24, 2.45) is 11.7 Å². The van der Waals surface area contributed by atoms with E-state index in [0.717, 1.165) is 19.0 Å². The summed E-state index contributed by atoms with van der Waals surface area (Å²) in [7, 11) is 0. The van der Waals surface area contributed by atoms with Gasteiger partial charge in [-0.05, 0) is 24.8 Å². The average molecular weight is 257 g/mol. The number of hydrogen-bond donors (Lipinski definition) is 1. The Hall–Kier alpha value is -0.640. The highest BCUT2D eigenvalue weighted by atomic mass is 35.5. The van der Waals surface area contributed by atoms with Gasteiger partial charge in [0, 0.05) is 31.7 Å². The molecule has 1 aromatic rings. The Labute approximate surface area is 107 Å². The fourth-order valence-electron chi connectivity index (χ4n) is 1.99. The van der Waals surface area contributed by atoms with Gasteiger partial charge in [-0.2, -0.15) is 0 Å². The number of rotatable bonds is 6. The summed E-state index contributed by atoms with van der Waals surface area (Å²) < 4.78 is 13.8. The van der Waals surface area contributed by atoms with Crippen LogP contribution in [0.3, 0.4) is 0 Å². The lowest BCUT2D eigenvalue weighted by molar-refractivity contribution is 0.258. The fourth-order valence-corrected chi connectivity index (χ4v) is 2.19. The van der Waals surface area contributed by atoms with Crippen molar-refractivity contribution in [3.8, 4) is 0 Å². The van der Waals surface area contributed by atoms with E-state index in [9.17, 15) is 4.39 Å². The molecule has 0 atom stereocenters. The lowest BCUT2D eigenvalue weighted by atomic mass is 10.2. The van der Waals surface area contributed by atoms with Crippen LogP contribution in [0.1, 0.15) is 18.4 Å². The van der Waals surface area contributed by atoms with Crippen LogP contribution in [-0.4, -0.2) is 24.5 Å². The number of nitrogens with zero attached hydrogens (tertiary/aromatic N) is 1. The smallest absolute Gasteiger partial charge is 0.146 e. The van der Waals surface area contributed by atoms with Crippen molar-refractivity contribution in [2.75, 3.05) is 19.6 Å². The largest absolute Gasteiger partial charge is 0.329 e. The van der Waals surface area contributed by atoms with Crippen LogP contribution in [0.15, 0.2) is 18.2 Å². The highest BCUT2D eigenvalue weighted by molar-refractivity contribution is 6.30. The first-order valence-electron chi connectivity index (χ1n) is 6.06. The van der Waals surface area contributed by atoms with E-state index in [1.54, 1.807) is 18.2 Å². The van der Waals surface area contributed by atoms with Crippen LogP contribution in [0.2, 0.25) is 5.02 Å². The lowest BCUT2D eigenvalue weighted by Crippen LogP contribution is -2.31. The molecule has 17 heavy (non-hydrogen) atoms. The van der Waals surface area contributed by atoms with E-state index < -0.39 is 0 Å². The summed E-state index contributed by atoms with van der Waals surface area (Å²) in [5, 5.41) is 0.196. The van der Waals surface area contributed by atoms with Crippen molar-refractivity contribution in [1.29, 1.82) is 0 Å². The van der Waals surface area contributed by atoms with Crippen molar-refractivity contribution in [2.45, 2.75) is 19.4 Å². The van der Waals surface area contributed by atoms with Gasteiger partial charge in [-0.1, -0.05) is 23.7 Å². The molecule has 0 heterocycles. The summed E-state index contributed by atoms with van der Waals surface area (Å²) in [6, 6.07) is 5.16. The summed E-state index contributed by atoms with van der Waals surface area (Å²) in [5.41, 5.74) is 6.24. The molecule has 0 radical (unpaired) electrons. The fraction of sp³-hybridized carbons (Fsp3) is 0.538. The zero-order valence-electron chi connectivity index (χ0n) is 9.83. The Morgan fingerprint density at radius 3 is 2.82 bits per heavy atom. The first-order chi connectivity index (χ1) is 8.20. The van der Waals surface area contributed by atoms with Crippen molar-refractivity contribution in [1.82, 2.24) is 4.90 Å². The molecular formula is C13H18ClFN2. The van der Waals surface area contributed by atoms with Gasteiger partial charge in [0.05, 0.1) is 5.02 Å². The minimum atomic E-state index is -0.299. The van der Waals surface area contributed by atoms with Crippen LogP contribution in [0.25, 0.3) is 0 Å². The Morgan fingerprint density at radius 2 is 2.18 bits per heavy atom. The molecule has 2 rings (SSSR count). The number of benzene rings is 1. The second-order valence-electron chi connectivity index (χ2n) is 4.68. The van der Waals surface area contributed by atoms with Crippen molar-refractivity contribution >= 4 is 11.6 Å². The summed E-state index contributed by atoms with van der Waals surface area (Å²) in [5.74, 6) is 0.482. The molecule has 1 fully saturated rings. The molecule has 1 aromatic carbocycles. The number of nitrogens with two attached hydrogens (primary N) is 1. The summed E-state index contributed by atoms with van der Waals surface area (Å²) in [6.07, 6.45) is 2.58. The molecular weight excluding hydrogens is 239 g/mol. The molecule has 2 N–H and O–H groups in total. The molecule has 94 valence electrons. The minimum Gasteiger partial charge on any atom is -0.329 e. The standard InChI is InChI=1S/C13H18ClFN2/c14-12-3-1-2-11(13(12)15)9-17(7-6-16)8-10-4-5-10/h1-3,10H,4-9,16H2. The monoisotopic (exact) mass is 256 g/mol. The molecule has 0 aromatic heterocycles. The summed E-state index contributed by atoms with van der Waals surface area (Å²) in [6.45, 7) is 3.03. The van der Waals surface area contributed by atoms with Crippen molar-refractivity contribution in [3.63, 3.8) is 0 Å². The summed E-state index contributed by atoms with van der Waals surface area (Å²) in [4.78, 5) is 2.21. The molecule has 0 amide bonds. The molecule has 0 unspecified atom stereocenters.